The van der Waals surface area contributed by atoms with E-state index in [1.54, 1.807) is 0 Å². The molecule has 0 aliphatic carbocycles. The van der Waals surface area contributed by atoms with Gasteiger partial charge in [-0.05, 0) is 12.1 Å². The van der Waals surface area contributed by atoms with Gasteiger partial charge in [-0.1, -0.05) is 26.0 Å². The molecule has 102 valence electrons. The lowest BCUT2D eigenvalue weighted by Crippen LogP contribution is -2.50. The molecule has 0 N–H and O–H groups in total. The number of esters is 1. The normalized spacial score (nSPS) is 26.9. The van der Waals surface area contributed by atoms with Gasteiger partial charge in [0.2, 0.25) is 0 Å². The lowest BCUT2D eigenvalue weighted by molar-refractivity contribution is -0.175. The minimum Gasteiger partial charge on any atom is -0.442 e. The van der Waals surface area contributed by atoms with Gasteiger partial charge >= 0.3 is 11.8 Å². The van der Waals surface area contributed by atoms with Crippen LogP contribution in [0, 0.1) is 5.41 Å². The average molecular weight is 288 g/mol. The first-order chi connectivity index (χ1) is 9.45. The molecule has 1 aromatic heterocycles. The molecule has 0 unspecified atom stereocenters. The standard InChI is InChI=1S/C15H12O4S/c1-14(2)7-10(16)18-15(14)13(17)12-11(19-15)8-5-3-4-6-9(8)20-12/h3-6H,7H2,1-2H3/t15-/m1/s1. The van der Waals surface area contributed by atoms with Crippen molar-refractivity contribution in [3.05, 3.63) is 29.1 Å². The van der Waals surface area contributed by atoms with E-state index >= 15 is 0 Å². The van der Waals surface area contributed by atoms with E-state index in [4.69, 9.17) is 9.47 Å². The van der Waals surface area contributed by atoms with Gasteiger partial charge in [0.1, 0.15) is 4.88 Å². The third-order valence-corrected chi connectivity index (χ3v) is 5.19. The second-order valence-electron chi connectivity index (χ2n) is 5.84. The molecular weight excluding hydrogens is 276 g/mol. The summed E-state index contributed by atoms with van der Waals surface area (Å²) in [5, 5.41) is 0.900. The van der Waals surface area contributed by atoms with Crippen LogP contribution >= 0.6 is 11.3 Å². The van der Waals surface area contributed by atoms with Crippen LogP contribution in [0.4, 0.5) is 0 Å². The highest BCUT2D eigenvalue weighted by molar-refractivity contribution is 7.21. The molecule has 20 heavy (non-hydrogen) atoms. The van der Waals surface area contributed by atoms with E-state index in [1.165, 1.54) is 11.3 Å². The van der Waals surface area contributed by atoms with Crippen molar-refractivity contribution in [2.45, 2.75) is 26.1 Å². The van der Waals surface area contributed by atoms with Crippen LogP contribution in [0.25, 0.3) is 10.1 Å². The number of ketones is 1. The zero-order chi connectivity index (χ0) is 14.1. The van der Waals surface area contributed by atoms with Gasteiger partial charge in [-0.15, -0.1) is 11.3 Å². The Bertz CT molecular complexity index is 773. The molecule has 0 amide bonds. The number of rotatable bonds is 0. The Balaban J connectivity index is 1.93. The Morgan fingerprint density at radius 2 is 1.90 bits per heavy atom. The molecule has 0 saturated carbocycles. The van der Waals surface area contributed by atoms with Gasteiger partial charge in [0.05, 0.1) is 11.8 Å². The van der Waals surface area contributed by atoms with Gasteiger partial charge in [-0.3, -0.25) is 9.59 Å². The van der Waals surface area contributed by atoms with Crippen LogP contribution in [0.2, 0.25) is 0 Å². The predicted molar refractivity (Wildman–Crippen MR) is 74.0 cm³/mol. The second-order valence-corrected chi connectivity index (χ2v) is 6.89. The summed E-state index contributed by atoms with van der Waals surface area (Å²) in [4.78, 5) is 25.0. The number of Topliss-reactive ketones (excluding diaryl/α,β-unsaturated/α-hetero) is 1. The third kappa shape index (κ3) is 1.21. The van der Waals surface area contributed by atoms with Crippen molar-refractivity contribution in [2.24, 2.45) is 5.41 Å². The van der Waals surface area contributed by atoms with Gasteiger partial charge in [-0.2, -0.15) is 0 Å². The maximum atomic E-state index is 12.8. The maximum absolute atomic E-state index is 12.8. The second kappa shape index (κ2) is 3.41. The van der Waals surface area contributed by atoms with Crippen LogP contribution in [0.3, 0.4) is 0 Å². The molecule has 2 aliphatic rings. The lowest BCUT2D eigenvalue weighted by atomic mass is 9.80. The fourth-order valence-electron chi connectivity index (χ4n) is 2.94. The van der Waals surface area contributed by atoms with E-state index in [9.17, 15) is 9.59 Å². The number of carbonyl (C=O) groups excluding carboxylic acids is 2. The molecule has 3 heterocycles. The summed E-state index contributed by atoms with van der Waals surface area (Å²) in [5.74, 6) is -1.54. The molecule has 1 atom stereocenters. The molecule has 0 radical (unpaired) electrons. The van der Waals surface area contributed by atoms with Crippen LogP contribution in [0.1, 0.15) is 29.9 Å². The predicted octanol–water partition coefficient (Wildman–Crippen LogP) is 3.15. The first-order valence-corrected chi connectivity index (χ1v) is 7.23. The highest BCUT2D eigenvalue weighted by atomic mass is 32.1. The molecule has 5 heteroatoms. The van der Waals surface area contributed by atoms with Crippen molar-refractivity contribution in [2.75, 3.05) is 0 Å². The van der Waals surface area contributed by atoms with E-state index in [-0.39, 0.29) is 18.2 Å². The summed E-state index contributed by atoms with van der Waals surface area (Å²) in [6.07, 6.45) is 0.186. The van der Waals surface area contributed by atoms with Crippen LogP contribution in [-0.2, 0) is 9.53 Å². The molecule has 2 aromatic rings. The van der Waals surface area contributed by atoms with Gasteiger partial charge in [0.15, 0.2) is 5.75 Å². The zero-order valence-corrected chi connectivity index (χ0v) is 11.9. The van der Waals surface area contributed by atoms with Gasteiger partial charge in [0, 0.05) is 10.1 Å². The average Bonchev–Trinajstić information content (AvgIpc) is 2.94. The summed E-state index contributed by atoms with van der Waals surface area (Å²) in [5.41, 5.74) is -0.666. The first-order valence-electron chi connectivity index (χ1n) is 6.42. The Morgan fingerprint density at radius 3 is 2.60 bits per heavy atom. The molecule has 1 aromatic carbocycles. The topological polar surface area (TPSA) is 52.6 Å². The Labute approximate surface area is 119 Å². The van der Waals surface area contributed by atoms with E-state index in [1.807, 2.05) is 38.1 Å². The minimum absolute atomic E-state index is 0.186. The number of benzene rings is 1. The van der Waals surface area contributed by atoms with E-state index < -0.39 is 11.2 Å². The molecule has 1 fully saturated rings. The molecule has 4 rings (SSSR count). The fraction of sp³-hybridized carbons (Fsp3) is 0.333. The minimum atomic E-state index is -1.48. The molecule has 2 aliphatic heterocycles. The van der Waals surface area contributed by atoms with Crippen molar-refractivity contribution < 1.29 is 19.1 Å². The van der Waals surface area contributed by atoms with Crippen LogP contribution < -0.4 is 4.74 Å². The van der Waals surface area contributed by atoms with Crippen molar-refractivity contribution in [3.8, 4) is 5.75 Å². The van der Waals surface area contributed by atoms with Gasteiger partial charge in [-0.25, -0.2) is 0 Å². The maximum Gasteiger partial charge on any atom is 0.325 e. The summed E-state index contributed by atoms with van der Waals surface area (Å²) >= 11 is 1.39. The van der Waals surface area contributed by atoms with E-state index in [0.717, 1.165) is 10.1 Å². The molecular formula is C15H12O4S. The fourth-order valence-corrected chi connectivity index (χ4v) is 4.05. The number of hydrogen-bond donors (Lipinski definition) is 0. The van der Waals surface area contributed by atoms with Gasteiger partial charge in [0.25, 0.3) is 5.78 Å². The zero-order valence-electron chi connectivity index (χ0n) is 11.1. The van der Waals surface area contributed by atoms with Crippen LogP contribution in [0.5, 0.6) is 5.75 Å². The highest BCUT2D eigenvalue weighted by Crippen LogP contribution is 2.55. The number of thiophene rings is 1. The SMILES string of the molecule is CC1(C)CC(=O)O[C@]12Oc1c(sc3ccccc13)C2=O. The number of hydrogen-bond acceptors (Lipinski definition) is 5. The summed E-state index contributed by atoms with van der Waals surface area (Å²) < 4.78 is 12.3. The lowest BCUT2D eigenvalue weighted by Gasteiger charge is -2.32. The summed E-state index contributed by atoms with van der Waals surface area (Å²) in [6, 6.07) is 7.70. The molecule has 4 nitrogen and oxygen atoms in total. The van der Waals surface area contributed by atoms with E-state index in [2.05, 4.69) is 0 Å². The van der Waals surface area contributed by atoms with Crippen LogP contribution in [0.15, 0.2) is 24.3 Å². The van der Waals surface area contributed by atoms with Crippen molar-refractivity contribution in [3.63, 3.8) is 0 Å². The quantitative estimate of drug-likeness (QED) is 0.699. The Morgan fingerprint density at radius 1 is 1.15 bits per heavy atom. The first kappa shape index (κ1) is 11.9. The smallest absolute Gasteiger partial charge is 0.325 e. The van der Waals surface area contributed by atoms with E-state index in [0.29, 0.717) is 10.6 Å². The van der Waals surface area contributed by atoms with Crippen molar-refractivity contribution in [1.82, 2.24) is 0 Å². The number of fused-ring (bicyclic) bond motifs is 3. The van der Waals surface area contributed by atoms with Crippen molar-refractivity contribution in [1.29, 1.82) is 0 Å². The summed E-state index contributed by atoms with van der Waals surface area (Å²) in [6.45, 7) is 3.66. The van der Waals surface area contributed by atoms with Crippen LogP contribution in [-0.4, -0.2) is 17.5 Å². The third-order valence-electron chi connectivity index (χ3n) is 4.04. The Kier molecular flexibility index (Phi) is 2.03. The highest BCUT2D eigenvalue weighted by Gasteiger charge is 2.67. The molecule has 0 bridgehead atoms. The number of carbonyl (C=O) groups is 2. The van der Waals surface area contributed by atoms with Crippen molar-refractivity contribution >= 4 is 33.2 Å². The Hall–Kier alpha value is -1.88. The monoisotopic (exact) mass is 288 g/mol. The number of ether oxygens (including phenoxy) is 2. The summed E-state index contributed by atoms with van der Waals surface area (Å²) in [7, 11) is 0. The molecule has 1 saturated heterocycles. The molecule has 1 spiro atoms. The largest absolute Gasteiger partial charge is 0.442 e. The van der Waals surface area contributed by atoms with Gasteiger partial charge < -0.3 is 9.47 Å².